The van der Waals surface area contributed by atoms with Crippen molar-refractivity contribution in [3.8, 4) is 5.75 Å². The molecule has 0 aliphatic carbocycles. The number of methoxy groups -OCH3 is 1. The van der Waals surface area contributed by atoms with Crippen LogP contribution < -0.4 is 5.43 Å². The van der Waals surface area contributed by atoms with E-state index >= 15 is 0 Å². The van der Waals surface area contributed by atoms with E-state index in [-0.39, 0.29) is 12.0 Å². The number of esters is 1. The second-order valence-corrected chi connectivity index (χ2v) is 5.00. The fourth-order valence-electron chi connectivity index (χ4n) is 2.50. The van der Waals surface area contributed by atoms with Crippen LogP contribution in [0.2, 0.25) is 0 Å². The van der Waals surface area contributed by atoms with E-state index in [0.29, 0.717) is 18.7 Å². The maximum Gasteiger partial charge on any atom is 0.307 e. The van der Waals surface area contributed by atoms with Gasteiger partial charge in [0.05, 0.1) is 20.1 Å². The first-order chi connectivity index (χ1) is 9.60. The summed E-state index contributed by atoms with van der Waals surface area (Å²) >= 11 is 0. The van der Waals surface area contributed by atoms with Gasteiger partial charge in [0.25, 0.3) is 0 Å². The third-order valence-corrected chi connectivity index (χ3v) is 3.60. The van der Waals surface area contributed by atoms with Crippen molar-refractivity contribution in [2.75, 3.05) is 13.7 Å². The van der Waals surface area contributed by atoms with Gasteiger partial charge in [-0.3, -0.25) is 14.5 Å². The lowest BCUT2D eigenvalue weighted by molar-refractivity contribution is -0.142. The number of rotatable bonds is 4. The third-order valence-electron chi connectivity index (χ3n) is 3.60. The highest BCUT2D eigenvalue weighted by atomic mass is 16.5. The van der Waals surface area contributed by atoms with Crippen molar-refractivity contribution in [2.24, 2.45) is 0 Å². The average molecular weight is 281 g/mol. The summed E-state index contributed by atoms with van der Waals surface area (Å²) in [6, 6.07) is 1.40. The zero-order valence-corrected chi connectivity index (χ0v) is 11.5. The highest BCUT2D eigenvalue weighted by Crippen LogP contribution is 2.22. The first-order valence-corrected chi connectivity index (χ1v) is 6.71. The van der Waals surface area contributed by atoms with Gasteiger partial charge < -0.3 is 14.3 Å². The van der Waals surface area contributed by atoms with Crippen molar-refractivity contribution in [2.45, 2.75) is 38.3 Å². The summed E-state index contributed by atoms with van der Waals surface area (Å²) in [6.45, 7) is 1.31. The Morgan fingerprint density at radius 1 is 1.55 bits per heavy atom. The van der Waals surface area contributed by atoms with Crippen LogP contribution in [0.1, 0.15) is 31.4 Å². The van der Waals surface area contributed by atoms with Crippen LogP contribution in [0, 0.1) is 0 Å². The standard InChI is InChI=1S/C14H19NO5/c1-19-14(18)6-10-4-2-3-5-15(10)8-11-7-12(16)13(17)9-20-11/h7,9-10,17H,2-6,8H2,1H3. The van der Waals surface area contributed by atoms with Crippen LogP contribution in [-0.2, 0) is 16.1 Å². The Kier molecular flexibility index (Phi) is 4.79. The number of carbonyl (C=O) groups excluding carboxylic acids is 1. The SMILES string of the molecule is COC(=O)CC1CCCCN1Cc1cc(=O)c(O)co1. The predicted octanol–water partition coefficient (Wildman–Crippen LogP) is 1.26. The molecule has 1 fully saturated rings. The quantitative estimate of drug-likeness (QED) is 0.837. The highest BCUT2D eigenvalue weighted by Gasteiger charge is 2.25. The van der Waals surface area contributed by atoms with Gasteiger partial charge in [0.1, 0.15) is 12.0 Å². The van der Waals surface area contributed by atoms with E-state index in [0.717, 1.165) is 32.1 Å². The van der Waals surface area contributed by atoms with E-state index < -0.39 is 11.2 Å². The van der Waals surface area contributed by atoms with Crippen molar-refractivity contribution in [3.05, 3.63) is 28.3 Å². The van der Waals surface area contributed by atoms with Crippen molar-refractivity contribution < 1.29 is 19.1 Å². The van der Waals surface area contributed by atoms with Gasteiger partial charge in [0, 0.05) is 12.1 Å². The molecule has 1 atom stereocenters. The van der Waals surface area contributed by atoms with E-state index in [9.17, 15) is 14.7 Å². The molecule has 0 aromatic carbocycles. The number of hydrogen-bond acceptors (Lipinski definition) is 6. The number of nitrogens with zero attached hydrogens (tertiary/aromatic N) is 1. The minimum Gasteiger partial charge on any atom is -0.502 e. The molecule has 0 radical (unpaired) electrons. The number of piperidine rings is 1. The van der Waals surface area contributed by atoms with Gasteiger partial charge in [0.15, 0.2) is 5.75 Å². The molecule has 2 heterocycles. The Balaban J connectivity index is 2.06. The fraction of sp³-hybridized carbons (Fsp3) is 0.571. The molecule has 20 heavy (non-hydrogen) atoms. The van der Waals surface area contributed by atoms with Gasteiger partial charge in [0.2, 0.25) is 5.43 Å². The Morgan fingerprint density at radius 2 is 2.35 bits per heavy atom. The maximum absolute atomic E-state index is 11.4. The first-order valence-electron chi connectivity index (χ1n) is 6.71. The molecule has 0 amide bonds. The second kappa shape index (κ2) is 6.56. The van der Waals surface area contributed by atoms with E-state index in [1.165, 1.54) is 13.2 Å². The number of likely N-dealkylation sites (tertiary alicyclic amines) is 1. The molecular formula is C14H19NO5. The molecule has 1 aromatic heterocycles. The molecule has 1 aromatic rings. The van der Waals surface area contributed by atoms with Crippen LogP contribution in [0.25, 0.3) is 0 Å². The Labute approximate surface area is 117 Å². The summed E-state index contributed by atoms with van der Waals surface area (Å²) in [7, 11) is 1.38. The molecular weight excluding hydrogens is 262 g/mol. The van der Waals surface area contributed by atoms with Gasteiger partial charge in [-0.25, -0.2) is 0 Å². The minimum absolute atomic E-state index is 0.107. The molecule has 0 bridgehead atoms. The smallest absolute Gasteiger partial charge is 0.307 e. The normalized spacial score (nSPS) is 19.8. The van der Waals surface area contributed by atoms with Gasteiger partial charge in [-0.1, -0.05) is 6.42 Å². The van der Waals surface area contributed by atoms with Crippen molar-refractivity contribution in [3.63, 3.8) is 0 Å². The molecule has 1 unspecified atom stereocenters. The molecule has 110 valence electrons. The molecule has 1 N–H and O–H groups in total. The van der Waals surface area contributed by atoms with E-state index in [4.69, 9.17) is 9.15 Å². The number of carbonyl (C=O) groups is 1. The average Bonchev–Trinajstić information content (AvgIpc) is 2.45. The van der Waals surface area contributed by atoms with Crippen LogP contribution in [0.5, 0.6) is 5.75 Å². The van der Waals surface area contributed by atoms with E-state index in [2.05, 4.69) is 4.90 Å². The second-order valence-electron chi connectivity index (χ2n) is 5.00. The lowest BCUT2D eigenvalue weighted by Crippen LogP contribution is -2.40. The Hall–Kier alpha value is -1.82. The van der Waals surface area contributed by atoms with Crippen molar-refractivity contribution >= 4 is 5.97 Å². The molecule has 2 rings (SSSR count). The maximum atomic E-state index is 11.4. The Bertz CT molecular complexity index is 525. The molecule has 6 nitrogen and oxygen atoms in total. The summed E-state index contributed by atoms with van der Waals surface area (Å²) in [5, 5.41) is 9.17. The zero-order chi connectivity index (χ0) is 14.5. The van der Waals surface area contributed by atoms with Crippen LogP contribution in [0.3, 0.4) is 0 Å². The van der Waals surface area contributed by atoms with E-state index in [1.54, 1.807) is 0 Å². The number of ether oxygens (including phenoxy) is 1. The van der Waals surface area contributed by atoms with E-state index in [1.807, 2.05) is 0 Å². The number of hydrogen-bond donors (Lipinski definition) is 1. The Morgan fingerprint density at radius 3 is 3.05 bits per heavy atom. The molecule has 1 saturated heterocycles. The predicted molar refractivity (Wildman–Crippen MR) is 71.3 cm³/mol. The zero-order valence-electron chi connectivity index (χ0n) is 11.5. The summed E-state index contributed by atoms with van der Waals surface area (Å²) in [4.78, 5) is 24.9. The monoisotopic (exact) mass is 281 g/mol. The first kappa shape index (κ1) is 14.6. The molecule has 6 heteroatoms. The molecule has 0 spiro atoms. The fourth-order valence-corrected chi connectivity index (χ4v) is 2.50. The van der Waals surface area contributed by atoms with Crippen LogP contribution >= 0.6 is 0 Å². The minimum atomic E-state index is -0.451. The summed E-state index contributed by atoms with van der Waals surface area (Å²) < 4.78 is 9.93. The lowest BCUT2D eigenvalue weighted by Gasteiger charge is -2.34. The number of aromatic hydroxyl groups is 1. The van der Waals surface area contributed by atoms with Crippen molar-refractivity contribution in [1.82, 2.24) is 4.90 Å². The van der Waals surface area contributed by atoms with Gasteiger partial charge >= 0.3 is 5.97 Å². The van der Waals surface area contributed by atoms with Crippen LogP contribution in [0.15, 0.2) is 21.5 Å². The highest BCUT2D eigenvalue weighted by molar-refractivity contribution is 5.69. The molecule has 1 aliphatic rings. The van der Waals surface area contributed by atoms with Crippen LogP contribution in [-0.4, -0.2) is 35.7 Å². The summed E-state index contributed by atoms with van der Waals surface area (Å²) in [5.41, 5.74) is -0.451. The van der Waals surface area contributed by atoms with Crippen LogP contribution in [0.4, 0.5) is 0 Å². The molecule has 0 saturated carbocycles. The van der Waals surface area contributed by atoms with Gasteiger partial charge in [-0.2, -0.15) is 0 Å². The third kappa shape index (κ3) is 3.60. The summed E-state index contributed by atoms with van der Waals surface area (Å²) in [6.07, 6.45) is 4.46. The lowest BCUT2D eigenvalue weighted by atomic mass is 9.99. The largest absolute Gasteiger partial charge is 0.502 e. The van der Waals surface area contributed by atoms with Crippen molar-refractivity contribution in [1.29, 1.82) is 0 Å². The topological polar surface area (TPSA) is 80.0 Å². The van der Waals surface area contributed by atoms with Gasteiger partial charge in [-0.05, 0) is 19.4 Å². The van der Waals surface area contributed by atoms with Gasteiger partial charge in [-0.15, -0.1) is 0 Å². The molecule has 1 aliphatic heterocycles. The summed E-state index contributed by atoms with van der Waals surface area (Å²) in [5.74, 6) is -0.128.